The van der Waals surface area contributed by atoms with Crippen LogP contribution in [0.4, 0.5) is 5.69 Å². The van der Waals surface area contributed by atoms with E-state index in [0.29, 0.717) is 49.6 Å². The van der Waals surface area contributed by atoms with Crippen molar-refractivity contribution < 1.29 is 23.9 Å². The second kappa shape index (κ2) is 11.6. The maximum absolute atomic E-state index is 14.1. The maximum atomic E-state index is 14.1. The van der Waals surface area contributed by atoms with Crippen molar-refractivity contribution in [1.82, 2.24) is 10.2 Å². The van der Waals surface area contributed by atoms with Gasteiger partial charge in [-0.1, -0.05) is 64.8 Å². The minimum Gasteiger partial charge on any atom is -0.382 e. The summed E-state index contributed by atoms with van der Waals surface area (Å²) in [5.41, 5.74) is 0.723. The molecule has 2 saturated heterocycles. The van der Waals surface area contributed by atoms with Gasteiger partial charge in [-0.3, -0.25) is 14.4 Å². The summed E-state index contributed by atoms with van der Waals surface area (Å²) < 4.78 is 12.0. The van der Waals surface area contributed by atoms with E-state index in [1.807, 2.05) is 43.3 Å². The summed E-state index contributed by atoms with van der Waals surface area (Å²) in [6, 6.07) is 7.04. The van der Waals surface area contributed by atoms with Gasteiger partial charge in [0.15, 0.2) is 0 Å². The number of hydrogen-bond acceptors (Lipinski definition) is 5. The van der Waals surface area contributed by atoms with E-state index < -0.39 is 29.6 Å². The van der Waals surface area contributed by atoms with E-state index >= 15 is 0 Å². The van der Waals surface area contributed by atoms with Gasteiger partial charge in [-0.25, -0.2) is 0 Å². The van der Waals surface area contributed by atoms with Crippen LogP contribution in [0, 0.1) is 23.7 Å². The Balaban J connectivity index is 1.39. The summed E-state index contributed by atoms with van der Waals surface area (Å²) in [6.07, 6.45) is 6.97. The molecule has 0 unspecified atom stereocenters. The third kappa shape index (κ3) is 5.09. The van der Waals surface area contributed by atoms with E-state index in [4.69, 9.17) is 9.47 Å². The normalized spacial score (nSPS) is 34.4. The number of anilines is 1. The molecule has 0 radical (unpaired) electrons. The summed E-state index contributed by atoms with van der Waals surface area (Å²) in [7, 11) is 0. The van der Waals surface area contributed by atoms with Gasteiger partial charge in [0.1, 0.15) is 11.6 Å². The molecule has 1 saturated carbocycles. The lowest BCUT2D eigenvalue weighted by molar-refractivity contribution is -0.141. The van der Waals surface area contributed by atoms with Crippen molar-refractivity contribution in [2.24, 2.45) is 23.7 Å². The number of amides is 3. The minimum absolute atomic E-state index is 0.0579. The first-order valence-electron chi connectivity index (χ1n) is 15.1. The molecule has 3 amide bonds. The van der Waals surface area contributed by atoms with Crippen LogP contribution in [0.25, 0.3) is 0 Å². The van der Waals surface area contributed by atoms with Crippen molar-refractivity contribution in [2.75, 3.05) is 25.1 Å². The first kappa shape index (κ1) is 28.8. The smallest absolute Gasteiger partial charge is 0.246 e. The van der Waals surface area contributed by atoms with Gasteiger partial charge >= 0.3 is 0 Å². The Hall–Kier alpha value is -2.71. The molecule has 0 aromatic heterocycles. The summed E-state index contributed by atoms with van der Waals surface area (Å²) in [4.78, 5) is 43.4. The van der Waals surface area contributed by atoms with Crippen LogP contribution in [0.5, 0.6) is 0 Å². The highest BCUT2D eigenvalue weighted by atomic mass is 16.5. The molecule has 218 valence electrons. The van der Waals surface area contributed by atoms with E-state index in [1.54, 1.807) is 4.90 Å². The highest BCUT2D eigenvalue weighted by Crippen LogP contribution is 2.55. The number of fused-ring (bicyclic) bond motifs is 1. The van der Waals surface area contributed by atoms with E-state index in [1.165, 1.54) is 5.56 Å². The number of rotatable bonds is 10. The molecule has 8 heteroatoms. The molecule has 3 fully saturated rings. The molecule has 5 rings (SSSR count). The van der Waals surface area contributed by atoms with Crippen LogP contribution in [-0.4, -0.2) is 66.2 Å². The van der Waals surface area contributed by atoms with Gasteiger partial charge in [-0.15, -0.1) is 0 Å². The number of likely N-dealkylation sites (tertiary alicyclic amines) is 1. The van der Waals surface area contributed by atoms with E-state index in [2.05, 4.69) is 38.3 Å². The Morgan fingerprint density at radius 1 is 1.15 bits per heavy atom. The molecule has 8 atom stereocenters. The Bertz CT molecular complexity index is 1130. The Kier molecular flexibility index (Phi) is 8.39. The Morgan fingerprint density at radius 2 is 1.90 bits per heavy atom. The summed E-state index contributed by atoms with van der Waals surface area (Å²) >= 11 is 0. The zero-order chi connectivity index (χ0) is 28.6. The van der Waals surface area contributed by atoms with Gasteiger partial charge in [-0.2, -0.15) is 0 Å². The molecular weight excluding hydrogens is 506 g/mol. The molecule has 1 aromatic rings. The topological polar surface area (TPSA) is 97.0 Å². The van der Waals surface area contributed by atoms with Gasteiger partial charge in [0.25, 0.3) is 0 Å². The molecule has 1 spiro atoms. The molecule has 2 N–H and O–H groups in total. The van der Waals surface area contributed by atoms with Gasteiger partial charge in [0, 0.05) is 31.5 Å². The van der Waals surface area contributed by atoms with Gasteiger partial charge < -0.3 is 25.0 Å². The maximum Gasteiger partial charge on any atom is 0.246 e. The van der Waals surface area contributed by atoms with Crippen LogP contribution < -0.4 is 10.6 Å². The Labute approximate surface area is 238 Å². The van der Waals surface area contributed by atoms with Crippen LogP contribution in [0.2, 0.25) is 0 Å². The van der Waals surface area contributed by atoms with Crippen molar-refractivity contribution in [2.45, 2.75) is 90.0 Å². The zero-order valence-electron chi connectivity index (χ0n) is 24.5. The lowest BCUT2D eigenvalue weighted by Crippen LogP contribution is -2.58. The van der Waals surface area contributed by atoms with Crippen LogP contribution in [0.1, 0.15) is 71.8 Å². The largest absolute Gasteiger partial charge is 0.382 e. The number of ether oxygens (including phenoxy) is 2. The number of nitrogens with zero attached hydrogens (tertiary/aromatic N) is 1. The van der Waals surface area contributed by atoms with Crippen molar-refractivity contribution in [1.29, 1.82) is 0 Å². The SMILES string of the molecule is CCOCCCN1C(=O)[C@H]2[C@H](C(=O)Nc3ccc(C(C)C)cc3)[C@H]3C=C[C@@]2(O3)[C@@H]1C(=O)N[C@@H]1CCC[C@H](C)[C@@H]1C. The quantitative estimate of drug-likeness (QED) is 0.335. The zero-order valence-corrected chi connectivity index (χ0v) is 24.5. The fraction of sp³-hybridized carbons (Fsp3) is 0.656. The lowest BCUT2D eigenvalue weighted by Gasteiger charge is -2.38. The monoisotopic (exact) mass is 551 g/mol. The van der Waals surface area contributed by atoms with Crippen molar-refractivity contribution in [3.8, 4) is 0 Å². The number of nitrogens with one attached hydrogen (secondary N) is 2. The third-order valence-electron chi connectivity index (χ3n) is 9.70. The predicted molar refractivity (Wildman–Crippen MR) is 154 cm³/mol. The van der Waals surface area contributed by atoms with Gasteiger partial charge in [-0.05, 0) is 55.2 Å². The predicted octanol–water partition coefficient (Wildman–Crippen LogP) is 4.27. The molecule has 3 heterocycles. The number of hydrogen-bond donors (Lipinski definition) is 2. The fourth-order valence-electron chi connectivity index (χ4n) is 7.21. The molecule has 3 aliphatic heterocycles. The third-order valence-corrected chi connectivity index (χ3v) is 9.70. The number of carbonyl (C=O) groups is 3. The Morgan fingerprint density at radius 3 is 2.60 bits per heavy atom. The standard InChI is InChI=1S/C32H45N3O5/c1-6-39-18-8-17-35-28(30(37)34-24-10-7-9-20(4)21(24)5)32-16-15-25(40-32)26(27(32)31(35)38)29(36)33-23-13-11-22(12-14-23)19(2)3/h11-16,19-21,24-28H,6-10,17-18H2,1-5H3,(H,33,36)(H,34,37)/t20-,21-,24+,25+,26+,27+,28-,32-/m0/s1. The highest BCUT2D eigenvalue weighted by molar-refractivity contribution is 6.02. The van der Waals surface area contributed by atoms with Gasteiger partial charge in [0.2, 0.25) is 17.7 Å². The average Bonchev–Trinajstić information content (AvgIpc) is 3.57. The molecule has 40 heavy (non-hydrogen) atoms. The van der Waals surface area contributed by atoms with Crippen LogP contribution >= 0.6 is 0 Å². The van der Waals surface area contributed by atoms with Crippen molar-refractivity contribution >= 4 is 23.4 Å². The van der Waals surface area contributed by atoms with Gasteiger partial charge in [0.05, 0.1) is 17.9 Å². The molecule has 1 aliphatic carbocycles. The van der Waals surface area contributed by atoms with E-state index in [-0.39, 0.29) is 23.8 Å². The van der Waals surface area contributed by atoms with Crippen LogP contribution in [0.15, 0.2) is 36.4 Å². The summed E-state index contributed by atoms with van der Waals surface area (Å²) in [6.45, 7) is 12.1. The van der Waals surface area contributed by atoms with E-state index in [9.17, 15) is 14.4 Å². The average molecular weight is 552 g/mol. The second-order valence-corrected chi connectivity index (χ2v) is 12.4. The molecule has 8 nitrogen and oxygen atoms in total. The van der Waals surface area contributed by atoms with Crippen LogP contribution in [0.3, 0.4) is 0 Å². The fourth-order valence-corrected chi connectivity index (χ4v) is 7.21. The van der Waals surface area contributed by atoms with E-state index in [0.717, 1.165) is 19.3 Å². The molecule has 4 aliphatic rings. The first-order chi connectivity index (χ1) is 19.2. The summed E-state index contributed by atoms with van der Waals surface area (Å²) in [5.74, 6) is -0.813. The van der Waals surface area contributed by atoms with Crippen molar-refractivity contribution in [3.05, 3.63) is 42.0 Å². The summed E-state index contributed by atoms with van der Waals surface area (Å²) in [5, 5.41) is 6.32. The number of benzene rings is 1. The molecular formula is C32H45N3O5. The van der Waals surface area contributed by atoms with Crippen LogP contribution in [-0.2, 0) is 23.9 Å². The second-order valence-electron chi connectivity index (χ2n) is 12.4. The number of carbonyl (C=O) groups excluding carboxylic acids is 3. The molecule has 1 aromatic carbocycles. The highest BCUT2D eigenvalue weighted by Gasteiger charge is 2.72. The minimum atomic E-state index is -1.15. The lowest BCUT2D eigenvalue weighted by atomic mass is 9.73. The molecule has 2 bridgehead atoms. The first-order valence-corrected chi connectivity index (χ1v) is 15.1. The van der Waals surface area contributed by atoms with Crippen molar-refractivity contribution in [3.63, 3.8) is 0 Å².